The topological polar surface area (TPSA) is 26.0 Å². The molecule has 0 amide bonds. The van der Waals surface area contributed by atoms with E-state index in [1.54, 1.807) is 6.07 Å². The van der Waals surface area contributed by atoms with E-state index in [0.29, 0.717) is 0 Å². The van der Waals surface area contributed by atoms with Crippen molar-refractivity contribution in [3.63, 3.8) is 0 Å². The zero-order chi connectivity index (χ0) is 8.97. The zero-order valence-electron chi connectivity index (χ0n) is 7.66. The minimum atomic E-state index is -0.209. The van der Waals surface area contributed by atoms with Crippen LogP contribution in [0.15, 0.2) is 24.3 Å². The van der Waals surface area contributed by atoms with Crippen molar-refractivity contribution in [2.75, 3.05) is 0 Å². The van der Waals surface area contributed by atoms with Crippen LogP contribution in [0.1, 0.15) is 31.4 Å². The van der Waals surface area contributed by atoms with Crippen molar-refractivity contribution in [1.29, 1.82) is 0 Å². The molecule has 0 bridgehead atoms. The number of benzene rings is 1. The quantitative estimate of drug-likeness (QED) is 0.803. The normalized spacial score (nSPS) is 11.9. The summed E-state index contributed by atoms with van der Waals surface area (Å²) in [6.07, 6.45) is 1.93. The van der Waals surface area contributed by atoms with Gasteiger partial charge in [-0.1, -0.05) is 25.5 Å². The first-order valence-electron chi connectivity index (χ1n) is 4.25. The van der Waals surface area contributed by atoms with Crippen LogP contribution in [0.2, 0.25) is 0 Å². The maximum atomic E-state index is 12.7. The smallest absolute Gasteiger partial charge is 0.123 e. The summed E-state index contributed by atoms with van der Waals surface area (Å²) in [6.45, 7) is 2.07. The van der Waals surface area contributed by atoms with E-state index >= 15 is 0 Å². The molecular formula is C10H15ClFN. The van der Waals surface area contributed by atoms with Gasteiger partial charge >= 0.3 is 0 Å². The highest BCUT2D eigenvalue weighted by Gasteiger charge is 2.04. The first-order chi connectivity index (χ1) is 5.74. The number of nitrogens with two attached hydrogens (primary N) is 1. The van der Waals surface area contributed by atoms with Gasteiger partial charge in [0.15, 0.2) is 0 Å². The van der Waals surface area contributed by atoms with E-state index in [4.69, 9.17) is 5.73 Å². The van der Waals surface area contributed by atoms with Crippen molar-refractivity contribution in [1.82, 2.24) is 0 Å². The molecule has 0 aliphatic rings. The van der Waals surface area contributed by atoms with Crippen molar-refractivity contribution in [2.24, 2.45) is 5.73 Å². The Balaban J connectivity index is 0.00000144. The van der Waals surface area contributed by atoms with Crippen LogP contribution in [-0.2, 0) is 0 Å². The van der Waals surface area contributed by atoms with Crippen molar-refractivity contribution in [2.45, 2.75) is 25.8 Å². The van der Waals surface area contributed by atoms with Crippen LogP contribution in [0.5, 0.6) is 0 Å². The van der Waals surface area contributed by atoms with E-state index < -0.39 is 0 Å². The van der Waals surface area contributed by atoms with Crippen LogP contribution in [0, 0.1) is 5.82 Å². The van der Waals surface area contributed by atoms with Crippen molar-refractivity contribution in [3.8, 4) is 0 Å². The van der Waals surface area contributed by atoms with Crippen molar-refractivity contribution >= 4 is 12.4 Å². The second-order valence-corrected chi connectivity index (χ2v) is 2.95. The molecule has 1 rings (SSSR count). The second kappa shape index (κ2) is 5.95. The molecule has 0 heterocycles. The summed E-state index contributed by atoms with van der Waals surface area (Å²) < 4.78 is 12.7. The van der Waals surface area contributed by atoms with Gasteiger partial charge in [0.25, 0.3) is 0 Å². The lowest BCUT2D eigenvalue weighted by atomic mass is 10.0. The third-order valence-electron chi connectivity index (χ3n) is 1.88. The molecule has 13 heavy (non-hydrogen) atoms. The minimum absolute atomic E-state index is 0. The molecule has 0 aliphatic heterocycles. The molecule has 0 spiro atoms. The highest BCUT2D eigenvalue weighted by Crippen LogP contribution is 2.15. The highest BCUT2D eigenvalue weighted by atomic mass is 35.5. The third kappa shape index (κ3) is 3.75. The predicted molar refractivity (Wildman–Crippen MR) is 55.5 cm³/mol. The van der Waals surface area contributed by atoms with Crippen molar-refractivity contribution < 1.29 is 4.39 Å². The fourth-order valence-electron chi connectivity index (χ4n) is 1.21. The molecule has 1 aromatic rings. The molecule has 2 N–H and O–H groups in total. The third-order valence-corrected chi connectivity index (χ3v) is 1.88. The van der Waals surface area contributed by atoms with Gasteiger partial charge in [0.1, 0.15) is 5.82 Å². The summed E-state index contributed by atoms with van der Waals surface area (Å²) in [6, 6.07) is 6.47. The van der Waals surface area contributed by atoms with E-state index in [2.05, 4.69) is 6.92 Å². The Labute approximate surface area is 84.5 Å². The highest BCUT2D eigenvalue weighted by molar-refractivity contribution is 5.85. The van der Waals surface area contributed by atoms with Gasteiger partial charge in [-0.3, -0.25) is 0 Å². The SMILES string of the molecule is CCCC(N)c1cccc(F)c1.Cl. The molecule has 1 nitrogen and oxygen atoms in total. The molecule has 0 saturated carbocycles. The summed E-state index contributed by atoms with van der Waals surface area (Å²) in [7, 11) is 0. The van der Waals surface area contributed by atoms with Gasteiger partial charge in [-0.15, -0.1) is 12.4 Å². The minimum Gasteiger partial charge on any atom is -0.324 e. The maximum Gasteiger partial charge on any atom is 0.123 e. The monoisotopic (exact) mass is 203 g/mol. The lowest BCUT2D eigenvalue weighted by Crippen LogP contribution is -2.09. The first kappa shape index (κ1) is 12.4. The second-order valence-electron chi connectivity index (χ2n) is 2.95. The van der Waals surface area contributed by atoms with Crippen LogP contribution >= 0.6 is 12.4 Å². The Hall–Kier alpha value is -0.600. The number of hydrogen-bond acceptors (Lipinski definition) is 1. The van der Waals surface area contributed by atoms with Gasteiger partial charge in [0.2, 0.25) is 0 Å². The molecule has 0 radical (unpaired) electrons. The molecule has 0 aliphatic carbocycles. The molecular weight excluding hydrogens is 189 g/mol. The predicted octanol–water partition coefficient (Wildman–Crippen LogP) is 3.05. The molecule has 1 aromatic carbocycles. The summed E-state index contributed by atoms with van der Waals surface area (Å²) in [4.78, 5) is 0. The molecule has 0 fully saturated rings. The summed E-state index contributed by atoms with van der Waals surface area (Å²) in [5.41, 5.74) is 6.69. The summed E-state index contributed by atoms with van der Waals surface area (Å²) in [5, 5.41) is 0. The number of halogens is 2. The van der Waals surface area contributed by atoms with Crippen LogP contribution in [-0.4, -0.2) is 0 Å². The van der Waals surface area contributed by atoms with E-state index in [-0.39, 0.29) is 24.3 Å². The van der Waals surface area contributed by atoms with Gasteiger partial charge in [0.05, 0.1) is 0 Å². The molecule has 74 valence electrons. The van der Waals surface area contributed by atoms with Crippen LogP contribution in [0.4, 0.5) is 4.39 Å². The van der Waals surface area contributed by atoms with E-state index in [9.17, 15) is 4.39 Å². The standard InChI is InChI=1S/C10H14FN.ClH/c1-2-4-10(12)8-5-3-6-9(11)7-8;/h3,5-7,10H,2,4,12H2,1H3;1H. The van der Waals surface area contributed by atoms with Crippen molar-refractivity contribution in [3.05, 3.63) is 35.6 Å². The lowest BCUT2D eigenvalue weighted by molar-refractivity contribution is 0.605. The Morgan fingerprint density at radius 3 is 2.69 bits per heavy atom. The molecule has 0 saturated heterocycles. The van der Waals surface area contributed by atoms with Gasteiger partial charge in [-0.05, 0) is 24.1 Å². The maximum absolute atomic E-state index is 12.7. The van der Waals surface area contributed by atoms with E-state index in [1.165, 1.54) is 12.1 Å². The largest absolute Gasteiger partial charge is 0.324 e. The number of rotatable bonds is 3. The molecule has 1 unspecified atom stereocenters. The van der Waals surface area contributed by atoms with Crippen LogP contribution in [0.3, 0.4) is 0 Å². The fourth-order valence-corrected chi connectivity index (χ4v) is 1.21. The Morgan fingerprint density at radius 2 is 2.15 bits per heavy atom. The Bertz CT molecular complexity index is 252. The summed E-state index contributed by atoms with van der Waals surface area (Å²) in [5.74, 6) is -0.209. The lowest BCUT2D eigenvalue weighted by Gasteiger charge is -2.09. The molecule has 0 aromatic heterocycles. The Morgan fingerprint density at radius 1 is 1.46 bits per heavy atom. The molecule has 3 heteroatoms. The average Bonchev–Trinajstić information content (AvgIpc) is 2.05. The average molecular weight is 204 g/mol. The van der Waals surface area contributed by atoms with Gasteiger partial charge in [0, 0.05) is 6.04 Å². The Kier molecular flexibility index (Phi) is 5.67. The summed E-state index contributed by atoms with van der Waals surface area (Å²) >= 11 is 0. The van der Waals surface area contributed by atoms with Gasteiger partial charge in [-0.25, -0.2) is 4.39 Å². The van der Waals surface area contributed by atoms with E-state index in [0.717, 1.165) is 18.4 Å². The van der Waals surface area contributed by atoms with Gasteiger partial charge < -0.3 is 5.73 Å². The van der Waals surface area contributed by atoms with Crippen LogP contribution < -0.4 is 5.73 Å². The fraction of sp³-hybridized carbons (Fsp3) is 0.400. The first-order valence-corrected chi connectivity index (χ1v) is 4.25. The van der Waals surface area contributed by atoms with E-state index in [1.807, 2.05) is 6.07 Å². The number of hydrogen-bond donors (Lipinski definition) is 1. The van der Waals surface area contributed by atoms with Crippen LogP contribution in [0.25, 0.3) is 0 Å². The zero-order valence-corrected chi connectivity index (χ0v) is 8.48. The van der Waals surface area contributed by atoms with Gasteiger partial charge in [-0.2, -0.15) is 0 Å². The molecule has 1 atom stereocenters.